The SMILES string of the molecule is O=c1oc2ccc(F)cc2c(O)c1C(c1ncc[nH]1)c1c(O)c2cc(F)ccc2oc1=O. The summed E-state index contributed by atoms with van der Waals surface area (Å²) in [5.74, 6) is -4.28. The number of imidazole rings is 1. The summed E-state index contributed by atoms with van der Waals surface area (Å²) in [7, 11) is 0. The van der Waals surface area contributed by atoms with Crippen molar-refractivity contribution in [3.63, 3.8) is 0 Å². The molecule has 0 saturated heterocycles. The summed E-state index contributed by atoms with van der Waals surface area (Å²) in [6, 6.07) is 6.34. The molecule has 0 fully saturated rings. The summed E-state index contributed by atoms with van der Waals surface area (Å²) in [5, 5.41) is 21.5. The van der Waals surface area contributed by atoms with Gasteiger partial charge in [0.15, 0.2) is 0 Å². The summed E-state index contributed by atoms with van der Waals surface area (Å²) in [4.78, 5) is 32.5. The van der Waals surface area contributed by atoms with Gasteiger partial charge in [0.2, 0.25) is 0 Å². The van der Waals surface area contributed by atoms with Crippen LogP contribution in [0.4, 0.5) is 8.78 Å². The molecule has 10 heteroatoms. The molecule has 5 aromatic rings. The zero-order chi connectivity index (χ0) is 22.6. The van der Waals surface area contributed by atoms with Gasteiger partial charge in [-0.1, -0.05) is 0 Å². The highest BCUT2D eigenvalue weighted by molar-refractivity contribution is 5.86. The molecule has 160 valence electrons. The molecule has 0 bridgehead atoms. The van der Waals surface area contributed by atoms with Crippen molar-refractivity contribution in [2.24, 2.45) is 0 Å². The highest BCUT2D eigenvalue weighted by atomic mass is 19.1. The van der Waals surface area contributed by atoms with Crippen LogP contribution in [-0.4, -0.2) is 20.2 Å². The van der Waals surface area contributed by atoms with E-state index in [9.17, 15) is 28.6 Å². The van der Waals surface area contributed by atoms with Gasteiger partial charge in [0.05, 0.1) is 27.8 Å². The molecule has 0 saturated carbocycles. The first-order chi connectivity index (χ1) is 15.3. The lowest BCUT2D eigenvalue weighted by Crippen LogP contribution is -2.22. The molecule has 0 radical (unpaired) electrons. The van der Waals surface area contributed by atoms with Crippen LogP contribution in [0.15, 0.2) is 67.2 Å². The standard InChI is InChI=1S/C22H12F2N2O6/c23-9-1-3-13-11(7-9)18(27)16(21(29)31-13)15(20-25-5-6-26-20)17-19(28)12-8-10(24)2-4-14(12)32-22(17)30/h1-8,15,27-28H,(H,25,26). The molecule has 0 unspecified atom stereocenters. The molecule has 5 rings (SSSR count). The minimum absolute atomic E-state index is 0.0262. The van der Waals surface area contributed by atoms with Crippen molar-refractivity contribution in [3.05, 3.63) is 98.2 Å². The fourth-order valence-corrected chi connectivity index (χ4v) is 3.71. The molecule has 3 N–H and O–H groups in total. The summed E-state index contributed by atoms with van der Waals surface area (Å²) in [6.45, 7) is 0. The Morgan fingerprint density at radius 3 is 1.78 bits per heavy atom. The van der Waals surface area contributed by atoms with Crippen molar-refractivity contribution in [2.75, 3.05) is 0 Å². The monoisotopic (exact) mass is 438 g/mol. The van der Waals surface area contributed by atoms with Crippen molar-refractivity contribution in [1.29, 1.82) is 0 Å². The van der Waals surface area contributed by atoms with Crippen LogP contribution in [-0.2, 0) is 0 Å². The quantitative estimate of drug-likeness (QED) is 0.368. The van der Waals surface area contributed by atoms with Gasteiger partial charge in [-0.25, -0.2) is 23.4 Å². The lowest BCUT2D eigenvalue weighted by atomic mass is 9.89. The average molecular weight is 438 g/mol. The Labute approximate surface area is 176 Å². The third kappa shape index (κ3) is 2.92. The number of nitrogens with zero attached hydrogens (tertiary/aromatic N) is 1. The number of aromatic nitrogens is 2. The molecular weight excluding hydrogens is 426 g/mol. The Balaban J connectivity index is 1.90. The van der Waals surface area contributed by atoms with Gasteiger partial charge in [-0.3, -0.25) is 0 Å². The van der Waals surface area contributed by atoms with E-state index in [1.54, 1.807) is 0 Å². The minimum Gasteiger partial charge on any atom is -0.507 e. The Bertz CT molecular complexity index is 1520. The van der Waals surface area contributed by atoms with Crippen LogP contribution in [0.25, 0.3) is 21.9 Å². The zero-order valence-electron chi connectivity index (χ0n) is 15.9. The van der Waals surface area contributed by atoms with Gasteiger partial charge in [0, 0.05) is 12.4 Å². The Morgan fingerprint density at radius 2 is 1.34 bits per heavy atom. The second-order valence-corrected chi connectivity index (χ2v) is 6.99. The van der Waals surface area contributed by atoms with Crippen LogP contribution in [0.5, 0.6) is 11.5 Å². The number of benzene rings is 2. The highest BCUT2D eigenvalue weighted by Crippen LogP contribution is 2.41. The number of aromatic hydroxyl groups is 2. The van der Waals surface area contributed by atoms with Crippen molar-refractivity contribution >= 4 is 21.9 Å². The average Bonchev–Trinajstić information content (AvgIpc) is 3.28. The predicted octanol–water partition coefficient (Wildman–Crippen LogP) is 3.49. The van der Waals surface area contributed by atoms with Crippen molar-refractivity contribution < 1.29 is 27.8 Å². The van der Waals surface area contributed by atoms with E-state index in [0.29, 0.717) is 0 Å². The van der Waals surface area contributed by atoms with Crippen LogP contribution in [0.3, 0.4) is 0 Å². The van der Waals surface area contributed by atoms with Gasteiger partial charge in [-0.2, -0.15) is 0 Å². The van der Waals surface area contributed by atoms with Gasteiger partial charge < -0.3 is 24.0 Å². The maximum atomic E-state index is 13.8. The fourth-order valence-electron chi connectivity index (χ4n) is 3.71. The second kappa shape index (κ2) is 7.05. The minimum atomic E-state index is -1.50. The summed E-state index contributed by atoms with van der Waals surface area (Å²) in [5.41, 5.74) is -3.27. The molecule has 0 aliphatic carbocycles. The maximum Gasteiger partial charge on any atom is 0.344 e. The van der Waals surface area contributed by atoms with Gasteiger partial charge >= 0.3 is 11.3 Å². The topological polar surface area (TPSA) is 130 Å². The first kappa shape index (κ1) is 19.5. The summed E-state index contributed by atoms with van der Waals surface area (Å²) in [6.07, 6.45) is 2.71. The Kier molecular flexibility index (Phi) is 4.29. The predicted molar refractivity (Wildman–Crippen MR) is 108 cm³/mol. The van der Waals surface area contributed by atoms with Gasteiger partial charge in [-0.05, 0) is 36.4 Å². The molecule has 0 aliphatic rings. The lowest BCUT2D eigenvalue weighted by Gasteiger charge is -2.17. The molecule has 2 aromatic carbocycles. The molecule has 0 aliphatic heterocycles. The Hall–Kier alpha value is -4.47. The summed E-state index contributed by atoms with van der Waals surface area (Å²) >= 11 is 0. The molecule has 8 nitrogen and oxygen atoms in total. The van der Waals surface area contributed by atoms with Crippen LogP contribution in [0, 0.1) is 11.6 Å². The molecule has 0 amide bonds. The van der Waals surface area contributed by atoms with Crippen LogP contribution in [0.2, 0.25) is 0 Å². The van der Waals surface area contributed by atoms with E-state index in [0.717, 1.165) is 24.3 Å². The first-order valence-electron chi connectivity index (χ1n) is 9.25. The number of hydrogen-bond donors (Lipinski definition) is 3. The van der Waals surface area contributed by atoms with E-state index >= 15 is 0 Å². The number of nitrogens with one attached hydrogen (secondary N) is 1. The normalized spacial score (nSPS) is 11.6. The number of halogens is 2. The van der Waals surface area contributed by atoms with E-state index < -0.39 is 51.4 Å². The van der Waals surface area contributed by atoms with E-state index in [1.165, 1.54) is 24.5 Å². The zero-order valence-corrected chi connectivity index (χ0v) is 15.9. The number of H-pyrrole nitrogens is 1. The lowest BCUT2D eigenvalue weighted by molar-refractivity contribution is 0.439. The first-order valence-corrected chi connectivity index (χ1v) is 9.25. The molecule has 3 aromatic heterocycles. The smallest absolute Gasteiger partial charge is 0.344 e. The molecule has 0 atom stereocenters. The van der Waals surface area contributed by atoms with Crippen molar-refractivity contribution in [1.82, 2.24) is 9.97 Å². The van der Waals surface area contributed by atoms with Crippen molar-refractivity contribution in [3.8, 4) is 11.5 Å². The molecule has 3 heterocycles. The van der Waals surface area contributed by atoms with E-state index in [4.69, 9.17) is 8.83 Å². The highest BCUT2D eigenvalue weighted by Gasteiger charge is 2.34. The molecule has 0 spiro atoms. The molecule has 32 heavy (non-hydrogen) atoms. The third-order valence-corrected chi connectivity index (χ3v) is 5.12. The van der Waals surface area contributed by atoms with E-state index in [1.807, 2.05) is 0 Å². The number of hydrogen-bond acceptors (Lipinski definition) is 7. The number of rotatable bonds is 3. The van der Waals surface area contributed by atoms with Gasteiger partial charge in [0.25, 0.3) is 0 Å². The van der Waals surface area contributed by atoms with E-state index in [2.05, 4.69) is 9.97 Å². The largest absolute Gasteiger partial charge is 0.507 e. The maximum absolute atomic E-state index is 13.8. The fraction of sp³-hybridized carbons (Fsp3) is 0.0455. The van der Waals surface area contributed by atoms with Gasteiger partial charge in [-0.15, -0.1) is 0 Å². The van der Waals surface area contributed by atoms with Crippen LogP contribution < -0.4 is 11.3 Å². The number of fused-ring (bicyclic) bond motifs is 2. The van der Waals surface area contributed by atoms with Crippen LogP contribution in [0.1, 0.15) is 22.9 Å². The Morgan fingerprint density at radius 1 is 0.844 bits per heavy atom. The molecular formula is C22H12F2N2O6. The van der Waals surface area contributed by atoms with Crippen molar-refractivity contribution in [2.45, 2.75) is 5.92 Å². The third-order valence-electron chi connectivity index (χ3n) is 5.12. The van der Waals surface area contributed by atoms with Gasteiger partial charge in [0.1, 0.15) is 40.1 Å². The van der Waals surface area contributed by atoms with E-state index in [-0.39, 0.29) is 27.8 Å². The second-order valence-electron chi connectivity index (χ2n) is 6.99. The summed E-state index contributed by atoms with van der Waals surface area (Å²) < 4.78 is 38.0. The van der Waals surface area contributed by atoms with Crippen LogP contribution >= 0.6 is 0 Å². The number of aromatic amines is 1.